The highest BCUT2D eigenvalue weighted by molar-refractivity contribution is 7.98. The Morgan fingerprint density at radius 2 is 1.97 bits per heavy atom. The summed E-state index contributed by atoms with van der Waals surface area (Å²) in [6.07, 6.45) is 11.3. The molecule has 3 rings (SSSR count). The first-order valence-electron chi connectivity index (χ1n) is 10.6. The summed E-state index contributed by atoms with van der Waals surface area (Å²) >= 11 is 8.17. The van der Waals surface area contributed by atoms with Gasteiger partial charge in [-0.05, 0) is 55.1 Å². The van der Waals surface area contributed by atoms with Gasteiger partial charge in [0.15, 0.2) is 0 Å². The van der Waals surface area contributed by atoms with E-state index in [-0.39, 0.29) is 13.3 Å². The van der Waals surface area contributed by atoms with Crippen molar-refractivity contribution in [3.05, 3.63) is 28.8 Å². The van der Waals surface area contributed by atoms with Gasteiger partial charge >= 0.3 is 0 Å². The first-order valence-corrected chi connectivity index (χ1v) is 12.4. The summed E-state index contributed by atoms with van der Waals surface area (Å²) in [5.74, 6) is 1.95. The highest BCUT2D eigenvalue weighted by atomic mass is 35.5. The van der Waals surface area contributed by atoms with E-state index in [9.17, 15) is 4.79 Å². The number of carbonyl (C=O) groups is 1. The number of nitrogens with one attached hydrogen (secondary N) is 3. The fraction of sp³-hybridized carbons (Fsp3) is 0.696. The standard InChI is InChI=1S/C22H34ClN3OS.CH4/c1-28-13-12-24-10-11-25-18-6-7-20(23)19(14-18)21(27)26-16-22-8-2-4-17(15-22)5-3-9-22;/h6-7,14,17,24-25H,2-5,8-13,15-16H2,1H3,(H,26,27);1H4. The van der Waals surface area contributed by atoms with E-state index >= 15 is 0 Å². The van der Waals surface area contributed by atoms with E-state index in [0.717, 1.165) is 43.5 Å². The summed E-state index contributed by atoms with van der Waals surface area (Å²) in [7, 11) is 0. The number of halogens is 1. The van der Waals surface area contributed by atoms with E-state index in [1.54, 1.807) is 0 Å². The molecular weight excluding hydrogens is 402 g/mol. The molecule has 0 atom stereocenters. The van der Waals surface area contributed by atoms with Crippen LogP contribution in [-0.4, -0.2) is 44.1 Å². The highest BCUT2D eigenvalue weighted by Crippen LogP contribution is 2.48. The molecule has 2 aliphatic carbocycles. The lowest BCUT2D eigenvalue weighted by Gasteiger charge is -2.45. The Balaban J connectivity index is 0.00000300. The minimum atomic E-state index is -0.0474. The number of thioether (sulfide) groups is 1. The second-order valence-electron chi connectivity index (χ2n) is 8.40. The van der Waals surface area contributed by atoms with Gasteiger partial charge in [0.05, 0.1) is 10.6 Å². The zero-order valence-electron chi connectivity index (χ0n) is 17.0. The van der Waals surface area contributed by atoms with Crippen LogP contribution in [0.4, 0.5) is 5.69 Å². The molecule has 0 radical (unpaired) electrons. The number of benzene rings is 1. The van der Waals surface area contributed by atoms with Gasteiger partial charge in [-0.15, -0.1) is 0 Å². The minimum absolute atomic E-state index is 0. The predicted molar refractivity (Wildman–Crippen MR) is 128 cm³/mol. The molecule has 29 heavy (non-hydrogen) atoms. The molecule has 2 fully saturated rings. The Kier molecular flexibility index (Phi) is 10.1. The summed E-state index contributed by atoms with van der Waals surface area (Å²) in [5.41, 5.74) is 1.83. The molecule has 2 saturated carbocycles. The Bertz CT molecular complexity index is 645. The first kappa shape index (κ1) is 24.4. The molecule has 164 valence electrons. The Morgan fingerprint density at radius 1 is 1.21 bits per heavy atom. The summed E-state index contributed by atoms with van der Waals surface area (Å²) in [6.45, 7) is 3.52. The number of hydrogen-bond donors (Lipinski definition) is 3. The van der Waals surface area contributed by atoms with Gasteiger partial charge in [-0.2, -0.15) is 11.8 Å². The zero-order valence-corrected chi connectivity index (χ0v) is 18.6. The number of rotatable bonds is 10. The average Bonchev–Trinajstić information content (AvgIpc) is 2.70. The van der Waals surface area contributed by atoms with Gasteiger partial charge < -0.3 is 16.0 Å². The van der Waals surface area contributed by atoms with Gasteiger partial charge in [-0.3, -0.25) is 4.79 Å². The number of anilines is 1. The summed E-state index contributed by atoms with van der Waals surface area (Å²) in [4.78, 5) is 12.8. The van der Waals surface area contributed by atoms with Crippen molar-refractivity contribution in [2.45, 2.75) is 52.4 Å². The number of fused-ring (bicyclic) bond motifs is 2. The second kappa shape index (κ2) is 12.1. The molecule has 1 amide bonds. The Hall–Kier alpha value is -0.910. The van der Waals surface area contributed by atoms with Gasteiger partial charge in [0, 0.05) is 37.6 Å². The third kappa shape index (κ3) is 7.08. The SMILES string of the molecule is C.CSCCNCCNc1ccc(Cl)c(C(=O)NCC23CCCC(CCC2)C3)c1. The molecule has 6 heteroatoms. The Labute approximate surface area is 186 Å². The summed E-state index contributed by atoms with van der Waals surface area (Å²) < 4.78 is 0. The van der Waals surface area contributed by atoms with Crippen LogP contribution in [0.5, 0.6) is 0 Å². The lowest BCUT2D eigenvalue weighted by molar-refractivity contribution is 0.0682. The fourth-order valence-corrected chi connectivity index (χ4v) is 5.39. The van der Waals surface area contributed by atoms with E-state index in [0.29, 0.717) is 16.0 Å². The van der Waals surface area contributed by atoms with Crippen LogP contribution >= 0.6 is 23.4 Å². The number of carbonyl (C=O) groups excluding carboxylic acids is 1. The predicted octanol–water partition coefficient (Wildman–Crippen LogP) is 5.43. The molecule has 0 aromatic heterocycles. The summed E-state index contributed by atoms with van der Waals surface area (Å²) in [5, 5.41) is 10.5. The molecule has 1 aromatic rings. The van der Waals surface area contributed by atoms with E-state index in [4.69, 9.17) is 11.6 Å². The molecule has 0 aliphatic heterocycles. The molecule has 3 N–H and O–H groups in total. The van der Waals surface area contributed by atoms with Crippen molar-refractivity contribution < 1.29 is 4.79 Å². The van der Waals surface area contributed by atoms with Crippen LogP contribution < -0.4 is 16.0 Å². The van der Waals surface area contributed by atoms with E-state index in [2.05, 4.69) is 22.2 Å². The van der Waals surface area contributed by atoms with Crippen LogP contribution in [0.1, 0.15) is 62.7 Å². The van der Waals surface area contributed by atoms with Gasteiger partial charge in [0.1, 0.15) is 0 Å². The Morgan fingerprint density at radius 3 is 2.69 bits per heavy atom. The van der Waals surface area contributed by atoms with Crippen LogP contribution in [0.25, 0.3) is 0 Å². The molecule has 1 aromatic carbocycles. The first-order chi connectivity index (χ1) is 13.6. The lowest BCUT2D eigenvalue weighted by atomic mass is 9.62. The lowest BCUT2D eigenvalue weighted by Crippen LogP contribution is -2.43. The largest absolute Gasteiger partial charge is 0.384 e. The van der Waals surface area contributed by atoms with E-state index in [1.165, 1.54) is 44.9 Å². The van der Waals surface area contributed by atoms with Crippen molar-refractivity contribution in [2.75, 3.05) is 43.5 Å². The van der Waals surface area contributed by atoms with Crippen molar-refractivity contribution in [3.63, 3.8) is 0 Å². The zero-order chi connectivity index (χ0) is 19.8. The third-order valence-corrected chi connectivity index (χ3v) is 7.25. The van der Waals surface area contributed by atoms with Crippen LogP contribution in [0, 0.1) is 11.3 Å². The molecule has 0 saturated heterocycles. The normalized spacial score (nSPS) is 23.2. The van der Waals surface area contributed by atoms with E-state index in [1.807, 2.05) is 30.0 Å². The van der Waals surface area contributed by atoms with Crippen molar-refractivity contribution in [1.82, 2.24) is 10.6 Å². The van der Waals surface area contributed by atoms with Crippen molar-refractivity contribution >= 4 is 35.0 Å². The van der Waals surface area contributed by atoms with Crippen molar-refractivity contribution in [2.24, 2.45) is 11.3 Å². The average molecular weight is 440 g/mol. The minimum Gasteiger partial charge on any atom is -0.384 e. The maximum absolute atomic E-state index is 12.8. The molecule has 0 unspecified atom stereocenters. The number of amides is 1. The molecule has 2 bridgehead atoms. The van der Waals surface area contributed by atoms with Crippen LogP contribution in [0.2, 0.25) is 5.02 Å². The number of hydrogen-bond acceptors (Lipinski definition) is 4. The van der Waals surface area contributed by atoms with Gasteiger partial charge in [-0.25, -0.2) is 0 Å². The highest BCUT2D eigenvalue weighted by Gasteiger charge is 2.39. The van der Waals surface area contributed by atoms with E-state index < -0.39 is 0 Å². The molecule has 4 nitrogen and oxygen atoms in total. The van der Waals surface area contributed by atoms with Gasteiger partial charge in [-0.1, -0.05) is 44.7 Å². The van der Waals surface area contributed by atoms with Crippen molar-refractivity contribution in [3.8, 4) is 0 Å². The van der Waals surface area contributed by atoms with Gasteiger partial charge in [0.2, 0.25) is 0 Å². The third-order valence-electron chi connectivity index (χ3n) is 6.31. The molecule has 2 aliphatic rings. The molecule has 0 heterocycles. The fourth-order valence-electron chi connectivity index (χ4n) is 4.84. The maximum Gasteiger partial charge on any atom is 0.252 e. The molecule has 0 spiro atoms. The van der Waals surface area contributed by atoms with Gasteiger partial charge in [0.25, 0.3) is 5.91 Å². The monoisotopic (exact) mass is 439 g/mol. The molecular formula is C23H38ClN3OS. The second-order valence-corrected chi connectivity index (χ2v) is 9.79. The smallest absolute Gasteiger partial charge is 0.252 e. The van der Waals surface area contributed by atoms with Crippen molar-refractivity contribution in [1.29, 1.82) is 0 Å². The van der Waals surface area contributed by atoms with Crippen LogP contribution in [-0.2, 0) is 0 Å². The maximum atomic E-state index is 12.8. The topological polar surface area (TPSA) is 53.2 Å². The quantitative estimate of drug-likeness (QED) is 0.425. The van der Waals surface area contributed by atoms with Crippen LogP contribution in [0.3, 0.4) is 0 Å². The van der Waals surface area contributed by atoms with Crippen LogP contribution in [0.15, 0.2) is 18.2 Å². The summed E-state index contributed by atoms with van der Waals surface area (Å²) in [6, 6.07) is 5.63.